The van der Waals surface area contributed by atoms with Crippen molar-refractivity contribution in [2.24, 2.45) is 5.41 Å². The van der Waals surface area contributed by atoms with Crippen molar-refractivity contribution in [2.75, 3.05) is 6.54 Å². The molecule has 2 aromatic carbocycles. The van der Waals surface area contributed by atoms with E-state index in [4.69, 9.17) is 4.74 Å². The average Bonchev–Trinajstić information content (AvgIpc) is 2.58. The molecule has 0 fully saturated rings. The second-order valence-corrected chi connectivity index (χ2v) is 17.3. The van der Waals surface area contributed by atoms with Crippen molar-refractivity contribution in [3.63, 3.8) is 0 Å². The van der Waals surface area contributed by atoms with E-state index in [0.717, 1.165) is 18.0 Å². The van der Waals surface area contributed by atoms with Gasteiger partial charge in [0.25, 0.3) is 0 Å². The number of hydrogen-bond acceptors (Lipinski definition) is 2. The molecule has 0 atom stereocenters. The zero-order valence-corrected chi connectivity index (χ0v) is 21.1. The molecule has 0 spiro atoms. The fraction of sp³-hybridized carbons (Fsp3) is 0.500. The Morgan fingerprint density at radius 1 is 0.964 bits per heavy atom. The van der Waals surface area contributed by atoms with Crippen molar-refractivity contribution in [1.29, 1.82) is 0 Å². The van der Waals surface area contributed by atoms with Crippen LogP contribution < -0.4 is 20.1 Å². The first kappa shape index (κ1) is 21.3. The lowest BCUT2D eigenvalue weighted by Crippen LogP contribution is -2.58. The van der Waals surface area contributed by atoms with Crippen LogP contribution in [0.3, 0.4) is 0 Å². The predicted molar refractivity (Wildman–Crippen MR) is 127 cm³/mol. The van der Waals surface area contributed by atoms with Gasteiger partial charge in [0.15, 0.2) is 8.24 Å². The van der Waals surface area contributed by atoms with Gasteiger partial charge in [-0.2, -0.15) is 0 Å². The first-order chi connectivity index (χ1) is 12.8. The number of para-hydroxylation sites is 2. The van der Waals surface area contributed by atoms with Gasteiger partial charge in [0.2, 0.25) is 0 Å². The Kier molecular flexibility index (Phi) is 5.45. The fourth-order valence-corrected chi connectivity index (χ4v) is 7.49. The molecule has 28 heavy (non-hydrogen) atoms. The highest BCUT2D eigenvalue weighted by Crippen LogP contribution is 2.46. The van der Waals surface area contributed by atoms with Crippen molar-refractivity contribution in [2.45, 2.75) is 66.2 Å². The van der Waals surface area contributed by atoms with Gasteiger partial charge in [0.1, 0.15) is 11.5 Å². The third-order valence-electron chi connectivity index (χ3n) is 5.85. The molecule has 2 aromatic rings. The second kappa shape index (κ2) is 7.15. The van der Waals surface area contributed by atoms with Gasteiger partial charge in [-0.15, -0.1) is 0 Å². The van der Waals surface area contributed by atoms with E-state index in [0.29, 0.717) is 0 Å². The Hall–Kier alpha value is -1.37. The molecule has 1 aliphatic rings. The maximum absolute atomic E-state index is 6.78. The summed E-state index contributed by atoms with van der Waals surface area (Å²) < 4.78 is 6.78. The van der Waals surface area contributed by atoms with Crippen molar-refractivity contribution in [1.82, 2.24) is 4.98 Å². The lowest BCUT2D eigenvalue weighted by Gasteiger charge is -2.39. The number of benzene rings is 2. The van der Waals surface area contributed by atoms with E-state index >= 15 is 0 Å². The molecule has 0 saturated heterocycles. The summed E-state index contributed by atoms with van der Waals surface area (Å²) in [5.74, 6) is 2.22. The van der Waals surface area contributed by atoms with Gasteiger partial charge in [-0.05, 0) is 22.3 Å². The van der Waals surface area contributed by atoms with Crippen LogP contribution in [0.25, 0.3) is 0 Å². The zero-order chi connectivity index (χ0) is 20.9. The zero-order valence-electron chi connectivity index (χ0n) is 19.1. The second-order valence-electron chi connectivity index (χ2n) is 10.6. The summed E-state index contributed by atoms with van der Waals surface area (Å²) in [5, 5.41) is 2.78. The molecule has 151 valence electrons. The Labute approximate surface area is 174 Å². The molecule has 1 N–H and O–H groups in total. The lowest BCUT2D eigenvalue weighted by molar-refractivity contribution is 0.408. The van der Waals surface area contributed by atoms with E-state index in [1.807, 2.05) is 0 Å². The number of ether oxygens (including phenoxy) is 1. The van der Waals surface area contributed by atoms with Crippen LogP contribution in [0, 0.1) is 5.41 Å². The van der Waals surface area contributed by atoms with Gasteiger partial charge in [0.05, 0.1) is 8.80 Å². The molecule has 1 heterocycles. The topological polar surface area (TPSA) is 21.3 Å². The number of rotatable bonds is 4. The summed E-state index contributed by atoms with van der Waals surface area (Å²) >= 11 is 0. The fourth-order valence-electron chi connectivity index (χ4n) is 3.99. The van der Waals surface area contributed by atoms with Gasteiger partial charge >= 0.3 is 0 Å². The number of nitrogens with one attached hydrogen (secondary N) is 1. The van der Waals surface area contributed by atoms with Gasteiger partial charge in [-0.1, -0.05) is 97.2 Å². The van der Waals surface area contributed by atoms with Gasteiger partial charge < -0.3 is 9.72 Å². The molecular formula is C24H36NOSi2. The minimum Gasteiger partial charge on any atom is -0.457 e. The smallest absolute Gasteiger partial charge is 0.156 e. The van der Waals surface area contributed by atoms with Crippen LogP contribution >= 0.6 is 0 Å². The van der Waals surface area contributed by atoms with E-state index in [1.54, 1.807) is 0 Å². The van der Waals surface area contributed by atoms with Crippen molar-refractivity contribution in [3.8, 4) is 11.5 Å². The quantitative estimate of drug-likeness (QED) is 0.706. The van der Waals surface area contributed by atoms with Crippen molar-refractivity contribution in [3.05, 3.63) is 47.5 Å². The molecule has 2 nitrogen and oxygen atoms in total. The highest BCUT2D eigenvalue weighted by molar-refractivity contribution is 6.88. The molecule has 1 aliphatic heterocycles. The molecule has 0 aromatic heterocycles. The molecular weight excluding hydrogens is 374 g/mol. The third-order valence-corrected chi connectivity index (χ3v) is 10.1. The lowest BCUT2D eigenvalue weighted by atomic mass is 9.76. The van der Waals surface area contributed by atoms with E-state index in [1.165, 1.54) is 21.5 Å². The molecule has 0 unspecified atom stereocenters. The Bertz CT molecular complexity index is 879. The Morgan fingerprint density at radius 2 is 1.54 bits per heavy atom. The minimum absolute atomic E-state index is 0.0548. The van der Waals surface area contributed by atoms with Crippen LogP contribution in [0.5, 0.6) is 11.5 Å². The summed E-state index contributed by atoms with van der Waals surface area (Å²) in [6, 6.07) is 13.5. The van der Waals surface area contributed by atoms with E-state index in [9.17, 15) is 0 Å². The molecule has 1 radical (unpaired) electrons. The highest BCUT2D eigenvalue weighted by Gasteiger charge is 2.39. The van der Waals surface area contributed by atoms with E-state index < -0.39 is 17.0 Å². The minimum atomic E-state index is -1.86. The summed E-state index contributed by atoms with van der Waals surface area (Å²) in [6.45, 7) is 22.1. The number of hydrogen-bond donors (Lipinski definition) is 1. The largest absolute Gasteiger partial charge is 0.457 e. The van der Waals surface area contributed by atoms with Crippen LogP contribution in [0.1, 0.15) is 45.7 Å². The van der Waals surface area contributed by atoms with Crippen LogP contribution in [0.4, 0.5) is 0 Å². The molecule has 4 heteroatoms. The Balaban J connectivity index is 2.14. The maximum Gasteiger partial charge on any atom is 0.156 e. The maximum atomic E-state index is 6.78. The van der Waals surface area contributed by atoms with Gasteiger partial charge in [0, 0.05) is 16.5 Å². The third kappa shape index (κ3) is 3.87. The molecule has 3 rings (SSSR count). The molecule has 0 aliphatic carbocycles. The average molecular weight is 411 g/mol. The SMILES string of the molecule is C[Si](C)c1cccc2c1Oc1c(cccc1[Si](C)(C)NCC(C)(C)C)C2(C)C. The first-order valence-corrected chi connectivity index (χ1v) is 15.9. The van der Waals surface area contributed by atoms with Crippen LogP contribution in [0.15, 0.2) is 36.4 Å². The van der Waals surface area contributed by atoms with Crippen LogP contribution in [0.2, 0.25) is 26.2 Å². The normalized spacial score (nSPS) is 15.8. The summed E-state index contributed by atoms with van der Waals surface area (Å²) in [4.78, 5) is 3.92. The first-order valence-electron chi connectivity index (χ1n) is 10.4. The molecule has 0 amide bonds. The number of fused-ring (bicyclic) bond motifs is 2. The molecule has 0 saturated carbocycles. The highest BCUT2D eigenvalue weighted by atomic mass is 28.3. The summed E-state index contributed by atoms with van der Waals surface area (Å²) in [7, 11) is -2.47. The predicted octanol–water partition coefficient (Wildman–Crippen LogP) is 5.13. The van der Waals surface area contributed by atoms with Crippen molar-refractivity contribution >= 4 is 27.4 Å². The van der Waals surface area contributed by atoms with Crippen LogP contribution in [-0.4, -0.2) is 23.6 Å². The van der Waals surface area contributed by atoms with E-state index in [-0.39, 0.29) is 10.8 Å². The van der Waals surface area contributed by atoms with Gasteiger partial charge in [-0.25, -0.2) is 0 Å². The van der Waals surface area contributed by atoms with E-state index in [2.05, 4.69) is 102 Å². The molecule has 0 bridgehead atoms. The van der Waals surface area contributed by atoms with Crippen LogP contribution in [-0.2, 0) is 5.41 Å². The Morgan fingerprint density at radius 3 is 2.11 bits per heavy atom. The summed E-state index contributed by atoms with van der Waals surface area (Å²) in [5.41, 5.74) is 2.85. The monoisotopic (exact) mass is 410 g/mol. The summed E-state index contributed by atoms with van der Waals surface area (Å²) in [6.07, 6.45) is 0. The van der Waals surface area contributed by atoms with Crippen molar-refractivity contribution < 1.29 is 4.74 Å². The van der Waals surface area contributed by atoms with Gasteiger partial charge in [-0.3, -0.25) is 0 Å². The standard InChI is InChI=1S/C24H36NOSi2/c1-23(2,3)16-25-28(8,9)20-15-11-13-18-22(20)26-21-17(24(18,4)5)12-10-14-19(21)27(6)7/h10-15,25H,16H2,1-9H3.